The van der Waals surface area contributed by atoms with Gasteiger partial charge in [-0.25, -0.2) is 32.9 Å². The maximum atomic E-state index is 13.1. The van der Waals surface area contributed by atoms with Crippen LogP contribution in [0.25, 0.3) is 0 Å². The fraction of sp³-hybridized carbons (Fsp3) is 0.425. The van der Waals surface area contributed by atoms with Gasteiger partial charge >= 0.3 is 0 Å². The molecule has 5 aliphatic carbocycles. The van der Waals surface area contributed by atoms with Crippen LogP contribution in [-0.2, 0) is 42.8 Å². The lowest BCUT2D eigenvalue weighted by Gasteiger charge is -2.55. The second kappa shape index (κ2) is 51.3. The Bertz CT molecular complexity index is 5730. The van der Waals surface area contributed by atoms with Gasteiger partial charge in [-0.2, -0.15) is 5.10 Å². The highest BCUT2D eigenvalue weighted by molar-refractivity contribution is 5.98. The van der Waals surface area contributed by atoms with Gasteiger partial charge in [-0.05, 0) is 273 Å². The first-order valence-corrected chi connectivity index (χ1v) is 47.4. The molecule has 6 fully saturated rings. The van der Waals surface area contributed by atoms with Crippen molar-refractivity contribution in [3.05, 3.63) is 288 Å². The summed E-state index contributed by atoms with van der Waals surface area (Å²) in [5.41, 5.74) is 22.1. The number of nitrogens with zero attached hydrogens (tertiary/aromatic N) is 2. The van der Waals surface area contributed by atoms with Gasteiger partial charge in [0.05, 0.1) is 53.9 Å². The van der Waals surface area contributed by atoms with E-state index < -0.39 is 35.4 Å². The second-order valence-electron chi connectivity index (χ2n) is 39.2. The number of ether oxygens (including phenoxy) is 1. The Kier molecular flexibility index (Phi) is 40.4. The van der Waals surface area contributed by atoms with Gasteiger partial charge < -0.3 is 41.6 Å². The van der Waals surface area contributed by atoms with E-state index in [-0.39, 0.29) is 93.9 Å². The fourth-order valence-corrected chi connectivity index (χ4v) is 18.7. The summed E-state index contributed by atoms with van der Waals surface area (Å²) in [7, 11) is 1.74. The highest BCUT2D eigenvalue weighted by atomic mass is 16.5. The molecule has 6 aliphatic rings. The molecule has 34 nitrogen and oxygen atoms in total. The van der Waals surface area contributed by atoms with Crippen LogP contribution >= 0.6 is 0 Å². The van der Waals surface area contributed by atoms with Gasteiger partial charge in [-0.3, -0.25) is 93.5 Å². The molecule has 12 amide bonds. The number of carbonyl (C=O) groups excluding carboxylic acids is 12. The average Bonchev–Trinajstić information content (AvgIpc) is 0.801. The number of nitrogens with one attached hydrogen (secondary N) is 13. The Balaban J connectivity index is 0.000000188. The molecule has 3 heterocycles. The number of aryl methyl sites for hydroxylation is 4. The summed E-state index contributed by atoms with van der Waals surface area (Å²) in [4.78, 5) is 146. The summed E-state index contributed by atoms with van der Waals surface area (Å²) >= 11 is 0. The SMILES string of the molecule is CC(NC(=O)C1CCCC1)c1cccc(C(=O)NO)c1.CC(NC(=O)CC1CCOCC1)c1ccc(C(=O)NO)cc1.CC(NC(=O)c1cc(C(C)(C)C)nn1C)c1cccc(C(=O)NO)c1.C[C@@H](NC(=O)C12CC3CC(CC(C3)C1)C2)c1cccc(C(=O)NO)c1.Cc1cc(C(=O)NC(c2ccc(C(=O)NO)cc2)C(C)(C)C)c(C)[nH]1.Cc1cccc(CC(=O)NC(C)c2cccc(C(=O)NO)c2)c1. The van der Waals surface area contributed by atoms with Crippen molar-refractivity contribution in [2.75, 3.05) is 13.2 Å². The second-order valence-corrected chi connectivity index (χ2v) is 39.2. The predicted molar refractivity (Wildman–Crippen MR) is 524 cm³/mol. The zero-order valence-electron chi connectivity index (χ0n) is 82.4. The standard InChI is InChI=1S/C20H26N2O3.C19H25N3O3.C18H24N4O3.C18H20N2O3.C16H22N2O4.C15H20N2O3/c1-12(16-3-2-4-17(8-16)18(23)22-25)21-19(24)20-9-13-5-14(10-20)7-15(6-13)11-20;1-11-10-15(12(2)20-11)18(24)21-16(19(3,4)5)13-6-8-14(9-7-13)17(23)22-25;1-11(12-7-6-8-13(9-12)16(23)21-25)19-17(24)14-10-15(18(2,3)4)20-22(14)5;1-12-5-3-6-14(9-12)10-17(21)19-13(2)15-7-4-8-16(11-15)18(22)20-23;1-11(13-2-4-14(5-3-13)16(20)18-21)17-15(19)10-12-6-8-22-9-7-12;1-10(16-14(18)11-5-2-3-6-11)12-7-4-8-13(9-12)15(19)17-20/h2-4,8,12-15,25H,5-7,9-11H2,1H3,(H,21,24)(H,22,23);6-10,16,20,25H,1-5H3,(H,21,24)(H,22,23);6-11,25H,1-5H3,(H,19,24)(H,21,23);3-9,11,13,23H,10H2,1-2H3,(H,19,21)(H,20,22);2-5,11-12,21H,6-10H2,1H3,(H,17,19)(H,18,20);4,7-11,20H,2-3,5-6H2,1H3,(H,16,18)(H,17,19)/t12-,13?,14?,15?,20?;;;;;/m1...../s1. The monoisotopic (exact) mass is 1920 g/mol. The molecule has 19 N–H and O–H groups in total. The van der Waals surface area contributed by atoms with Crippen LogP contribution in [0.4, 0.5) is 0 Å². The lowest BCUT2D eigenvalue weighted by Crippen LogP contribution is -2.53. The van der Waals surface area contributed by atoms with Crippen LogP contribution < -0.4 is 64.8 Å². The summed E-state index contributed by atoms with van der Waals surface area (Å²) in [6.45, 7) is 28.9. The summed E-state index contributed by atoms with van der Waals surface area (Å²) in [5, 5.41) is 74.6. The van der Waals surface area contributed by atoms with Gasteiger partial charge in [-0.15, -0.1) is 0 Å². The molecule has 2 aromatic heterocycles. The van der Waals surface area contributed by atoms with Crippen LogP contribution in [0, 0.1) is 61.2 Å². The third kappa shape index (κ3) is 31.7. The van der Waals surface area contributed by atoms with E-state index in [1.54, 1.807) is 172 Å². The van der Waals surface area contributed by atoms with Crippen molar-refractivity contribution in [2.45, 2.75) is 228 Å². The van der Waals surface area contributed by atoms with Gasteiger partial charge in [0.15, 0.2) is 0 Å². The number of aromatic amines is 1. The molecule has 0 spiro atoms. The Morgan fingerprint density at radius 2 is 0.829 bits per heavy atom. The lowest BCUT2D eigenvalue weighted by atomic mass is 9.49. The van der Waals surface area contributed by atoms with Gasteiger partial charge in [-0.1, -0.05) is 157 Å². The molecular formula is C106H137N15O19. The van der Waals surface area contributed by atoms with Crippen molar-refractivity contribution in [3.8, 4) is 0 Å². The van der Waals surface area contributed by atoms with Gasteiger partial charge in [0.25, 0.3) is 47.3 Å². The Labute approximate surface area is 817 Å². The molecule has 0 radical (unpaired) electrons. The molecule has 4 bridgehead atoms. The van der Waals surface area contributed by atoms with Gasteiger partial charge in [0.1, 0.15) is 5.69 Å². The van der Waals surface area contributed by atoms with Crippen LogP contribution in [0.5, 0.6) is 0 Å². The molecule has 750 valence electrons. The Hall–Kier alpha value is -13.6. The van der Waals surface area contributed by atoms with Crippen molar-refractivity contribution in [2.24, 2.45) is 47.5 Å². The Morgan fingerprint density at radius 3 is 1.24 bits per heavy atom. The molecule has 9 aromatic rings. The lowest BCUT2D eigenvalue weighted by molar-refractivity contribution is -0.147. The zero-order chi connectivity index (χ0) is 102. The fourth-order valence-electron chi connectivity index (χ4n) is 18.7. The first kappa shape index (κ1) is 110. The molecule has 7 aromatic carbocycles. The van der Waals surface area contributed by atoms with E-state index in [1.807, 2.05) is 152 Å². The van der Waals surface area contributed by atoms with Gasteiger partial charge in [0.2, 0.25) is 23.6 Å². The summed E-state index contributed by atoms with van der Waals surface area (Å²) in [6, 6.07) is 51.2. The molecular weight excluding hydrogens is 1790 g/mol. The van der Waals surface area contributed by atoms with Crippen LogP contribution in [0.2, 0.25) is 0 Å². The highest BCUT2D eigenvalue weighted by Crippen LogP contribution is 2.60. The van der Waals surface area contributed by atoms with E-state index >= 15 is 0 Å². The number of benzene rings is 7. The maximum Gasteiger partial charge on any atom is 0.274 e. The van der Waals surface area contributed by atoms with E-state index in [0.29, 0.717) is 63.4 Å². The van der Waals surface area contributed by atoms with Crippen molar-refractivity contribution in [1.29, 1.82) is 0 Å². The molecule has 15 rings (SSSR count). The normalized spacial score (nSPS) is 17.4. The van der Waals surface area contributed by atoms with E-state index in [0.717, 1.165) is 150 Å². The van der Waals surface area contributed by atoms with Gasteiger partial charge in [0, 0.05) is 88.2 Å². The number of hydrogen-bond acceptors (Lipinski definition) is 20. The minimum Gasteiger partial charge on any atom is -0.381 e. The molecule has 1 aliphatic heterocycles. The molecule has 5 saturated carbocycles. The number of hydroxylamine groups is 6. The molecule has 34 heteroatoms. The first-order chi connectivity index (χ1) is 66.4. The minimum atomic E-state index is -0.596. The Morgan fingerprint density at radius 1 is 0.429 bits per heavy atom. The molecule has 1 saturated heterocycles. The first-order valence-electron chi connectivity index (χ1n) is 47.4. The molecule has 140 heavy (non-hydrogen) atoms. The number of aromatic nitrogens is 3. The number of carbonyl (C=O) groups is 12. The van der Waals surface area contributed by atoms with Crippen LogP contribution in [0.3, 0.4) is 0 Å². The van der Waals surface area contributed by atoms with Crippen LogP contribution in [-0.4, -0.2) is 130 Å². The third-order valence-electron chi connectivity index (χ3n) is 26.1. The van der Waals surface area contributed by atoms with Crippen molar-refractivity contribution in [3.63, 3.8) is 0 Å². The third-order valence-corrected chi connectivity index (χ3v) is 26.1. The number of amides is 12. The predicted octanol–water partition coefficient (Wildman–Crippen LogP) is 15.3. The summed E-state index contributed by atoms with van der Waals surface area (Å²) in [6.07, 6.45) is 14.0. The smallest absolute Gasteiger partial charge is 0.274 e. The maximum absolute atomic E-state index is 13.1. The topological polar surface area (TPSA) is 513 Å². The van der Waals surface area contributed by atoms with E-state index in [9.17, 15) is 57.5 Å². The zero-order valence-corrected chi connectivity index (χ0v) is 82.4. The summed E-state index contributed by atoms with van der Waals surface area (Å²) < 4.78 is 6.86. The number of H-pyrrole nitrogens is 1. The van der Waals surface area contributed by atoms with Crippen molar-refractivity contribution >= 4 is 70.9 Å². The van der Waals surface area contributed by atoms with E-state index in [2.05, 4.69) is 42.0 Å². The van der Waals surface area contributed by atoms with Crippen molar-refractivity contribution in [1.82, 2.24) is 79.5 Å². The van der Waals surface area contributed by atoms with Crippen LogP contribution in [0.1, 0.15) is 340 Å². The highest BCUT2D eigenvalue weighted by Gasteiger charge is 2.55. The minimum absolute atomic E-state index is 0.0385. The quantitative estimate of drug-likeness (QED) is 0.0177. The number of rotatable bonds is 26. The van der Waals surface area contributed by atoms with E-state index in [1.165, 1.54) is 19.3 Å². The van der Waals surface area contributed by atoms with E-state index in [4.69, 9.17) is 36.0 Å². The van der Waals surface area contributed by atoms with Crippen LogP contribution in [0.15, 0.2) is 182 Å². The van der Waals surface area contributed by atoms with Crippen molar-refractivity contribution < 1.29 is 93.5 Å². The largest absolute Gasteiger partial charge is 0.381 e. The average molecular weight is 1930 g/mol. The number of hydrogen-bond donors (Lipinski definition) is 19. The molecule has 6 atom stereocenters. The summed E-state index contributed by atoms with van der Waals surface area (Å²) in [5.74, 6) is -0.790. The molecule has 5 unspecified atom stereocenters.